The van der Waals surface area contributed by atoms with E-state index in [1.54, 1.807) is 19.0 Å². The van der Waals surface area contributed by atoms with Crippen LogP contribution in [0.15, 0.2) is 18.2 Å². The van der Waals surface area contributed by atoms with Crippen molar-refractivity contribution >= 4 is 11.6 Å². The lowest BCUT2D eigenvalue weighted by Crippen LogP contribution is -2.54. The second-order valence-electron chi connectivity index (χ2n) is 7.52. The number of anilines is 1. The number of morpholine rings is 1. The van der Waals surface area contributed by atoms with E-state index in [0.29, 0.717) is 12.6 Å². The van der Waals surface area contributed by atoms with Gasteiger partial charge in [0.2, 0.25) is 0 Å². The number of carbonyl (C=O) groups excluding carboxylic acids is 1. The van der Waals surface area contributed by atoms with E-state index in [2.05, 4.69) is 41.8 Å². The number of nitrogens with zero attached hydrogens (tertiary/aromatic N) is 3. The quantitative estimate of drug-likeness (QED) is 0.840. The van der Waals surface area contributed by atoms with Crippen molar-refractivity contribution in [3.05, 3.63) is 29.3 Å². The van der Waals surface area contributed by atoms with Gasteiger partial charge in [-0.2, -0.15) is 0 Å². The summed E-state index contributed by atoms with van der Waals surface area (Å²) < 4.78 is 5.70. The molecule has 5 nitrogen and oxygen atoms in total. The summed E-state index contributed by atoms with van der Waals surface area (Å²) in [5.41, 5.74) is 4.13. The van der Waals surface area contributed by atoms with Crippen LogP contribution in [0.3, 0.4) is 0 Å². The molecule has 3 rings (SSSR count). The Kier molecular flexibility index (Phi) is 5.64. The van der Waals surface area contributed by atoms with Crippen LogP contribution in [0.25, 0.3) is 0 Å². The molecule has 0 aromatic heterocycles. The van der Waals surface area contributed by atoms with E-state index < -0.39 is 0 Å². The summed E-state index contributed by atoms with van der Waals surface area (Å²) in [6.45, 7) is 8.88. The Hall–Kier alpha value is -1.59. The average Bonchev–Trinajstić information content (AvgIpc) is 2.63. The van der Waals surface area contributed by atoms with E-state index in [1.165, 1.54) is 16.8 Å². The third kappa shape index (κ3) is 3.98. The van der Waals surface area contributed by atoms with Gasteiger partial charge in [0.25, 0.3) is 5.91 Å². The number of carbonyl (C=O) groups is 1. The highest BCUT2D eigenvalue weighted by Crippen LogP contribution is 2.27. The lowest BCUT2D eigenvalue weighted by atomic mass is 9.99. The molecular weight excluding hydrogens is 314 g/mol. The fourth-order valence-corrected chi connectivity index (χ4v) is 3.99. The normalized spacial score (nSPS) is 22.9. The molecule has 138 valence electrons. The molecule has 1 atom stereocenters. The van der Waals surface area contributed by atoms with Crippen molar-refractivity contribution in [3.63, 3.8) is 0 Å². The first-order valence-electron chi connectivity index (χ1n) is 9.35. The van der Waals surface area contributed by atoms with Crippen LogP contribution in [0.5, 0.6) is 0 Å². The number of aryl methyl sites for hydroxylation is 1. The molecule has 0 radical (unpaired) electrons. The van der Waals surface area contributed by atoms with E-state index in [0.717, 1.165) is 39.0 Å². The predicted octanol–water partition coefficient (Wildman–Crippen LogP) is 2.06. The Morgan fingerprint density at radius 3 is 2.56 bits per heavy atom. The van der Waals surface area contributed by atoms with Crippen molar-refractivity contribution in [1.82, 2.24) is 9.80 Å². The first kappa shape index (κ1) is 18.2. The predicted molar refractivity (Wildman–Crippen MR) is 101 cm³/mol. The van der Waals surface area contributed by atoms with Crippen LogP contribution >= 0.6 is 0 Å². The van der Waals surface area contributed by atoms with Crippen molar-refractivity contribution in [3.8, 4) is 0 Å². The number of benzene rings is 1. The lowest BCUT2D eigenvalue weighted by Gasteiger charge is -2.43. The van der Waals surface area contributed by atoms with Gasteiger partial charge in [-0.15, -0.1) is 0 Å². The molecule has 25 heavy (non-hydrogen) atoms. The number of likely N-dealkylation sites (N-methyl/N-ethyl adjacent to an activating group) is 1. The van der Waals surface area contributed by atoms with Crippen molar-refractivity contribution in [1.29, 1.82) is 0 Å². The number of piperidine rings is 1. The molecule has 2 saturated heterocycles. The minimum absolute atomic E-state index is 0.0810. The van der Waals surface area contributed by atoms with Crippen LogP contribution in [0.2, 0.25) is 0 Å². The van der Waals surface area contributed by atoms with Crippen LogP contribution in [0.1, 0.15) is 24.0 Å². The molecule has 2 fully saturated rings. The van der Waals surface area contributed by atoms with Crippen LogP contribution in [-0.2, 0) is 9.53 Å². The number of hydrogen-bond acceptors (Lipinski definition) is 4. The minimum atomic E-state index is -0.305. The molecule has 2 aliphatic heterocycles. The van der Waals surface area contributed by atoms with Crippen LogP contribution in [-0.4, -0.2) is 74.7 Å². The van der Waals surface area contributed by atoms with Gasteiger partial charge in [0.1, 0.15) is 6.10 Å². The van der Waals surface area contributed by atoms with Gasteiger partial charge in [-0.25, -0.2) is 0 Å². The Bertz CT molecular complexity index is 609. The maximum atomic E-state index is 12.2. The number of ether oxygens (including phenoxy) is 1. The standard InChI is InChI=1S/C20H31N3O2/c1-15-6-5-7-18(16(15)2)22-10-8-17(9-11-22)23-12-13-25-19(14-23)20(24)21(3)4/h5-7,17,19H,8-14H2,1-4H3. The van der Waals surface area contributed by atoms with Crippen LogP contribution in [0.4, 0.5) is 5.69 Å². The Labute approximate surface area is 151 Å². The zero-order valence-corrected chi connectivity index (χ0v) is 16.0. The summed E-state index contributed by atoms with van der Waals surface area (Å²) in [7, 11) is 3.60. The average molecular weight is 345 g/mol. The van der Waals surface area contributed by atoms with E-state index in [9.17, 15) is 4.79 Å². The van der Waals surface area contributed by atoms with E-state index in [4.69, 9.17) is 4.74 Å². The highest BCUT2D eigenvalue weighted by atomic mass is 16.5. The Morgan fingerprint density at radius 2 is 1.88 bits per heavy atom. The van der Waals surface area contributed by atoms with Gasteiger partial charge < -0.3 is 14.5 Å². The van der Waals surface area contributed by atoms with Gasteiger partial charge in [0.15, 0.2) is 0 Å². The highest BCUT2D eigenvalue weighted by molar-refractivity contribution is 5.80. The third-order valence-electron chi connectivity index (χ3n) is 5.71. The molecule has 0 saturated carbocycles. The van der Waals surface area contributed by atoms with Gasteiger partial charge >= 0.3 is 0 Å². The molecule has 2 aliphatic rings. The first-order valence-corrected chi connectivity index (χ1v) is 9.35. The lowest BCUT2D eigenvalue weighted by molar-refractivity contribution is -0.148. The molecule has 2 heterocycles. The molecule has 0 N–H and O–H groups in total. The topological polar surface area (TPSA) is 36.0 Å². The molecule has 1 amide bonds. The number of rotatable bonds is 3. The van der Waals surface area contributed by atoms with E-state index in [1.807, 2.05) is 0 Å². The monoisotopic (exact) mass is 345 g/mol. The second-order valence-corrected chi connectivity index (χ2v) is 7.52. The summed E-state index contributed by atoms with van der Waals surface area (Å²) in [6, 6.07) is 7.14. The van der Waals surface area contributed by atoms with Crippen LogP contribution < -0.4 is 4.90 Å². The summed E-state index contributed by atoms with van der Waals surface area (Å²) in [4.78, 5) is 18.8. The zero-order chi connectivity index (χ0) is 18.0. The zero-order valence-electron chi connectivity index (χ0n) is 16.0. The van der Waals surface area contributed by atoms with Gasteiger partial charge in [-0.05, 0) is 43.9 Å². The molecule has 1 aromatic carbocycles. The SMILES string of the molecule is Cc1cccc(N2CCC(N3CCOC(C(=O)N(C)C)C3)CC2)c1C. The number of amides is 1. The Balaban J connectivity index is 1.58. The van der Waals surface area contributed by atoms with Gasteiger partial charge in [0.05, 0.1) is 6.61 Å². The van der Waals surface area contributed by atoms with Crippen molar-refractivity contribution in [2.24, 2.45) is 0 Å². The molecule has 0 spiro atoms. The van der Waals surface area contributed by atoms with E-state index in [-0.39, 0.29) is 12.0 Å². The maximum Gasteiger partial charge on any atom is 0.252 e. The molecule has 0 aliphatic carbocycles. The maximum absolute atomic E-state index is 12.2. The summed E-state index contributed by atoms with van der Waals surface area (Å²) in [5, 5.41) is 0. The fourth-order valence-electron chi connectivity index (χ4n) is 3.99. The second kappa shape index (κ2) is 7.75. The first-order chi connectivity index (χ1) is 12.0. The minimum Gasteiger partial charge on any atom is -0.371 e. The summed E-state index contributed by atoms with van der Waals surface area (Å²) in [5.74, 6) is 0.0810. The summed E-state index contributed by atoms with van der Waals surface area (Å²) in [6.07, 6.45) is 1.99. The Morgan fingerprint density at radius 1 is 1.16 bits per heavy atom. The molecule has 5 heteroatoms. The molecule has 1 unspecified atom stereocenters. The summed E-state index contributed by atoms with van der Waals surface area (Å²) >= 11 is 0. The van der Waals surface area contributed by atoms with Crippen molar-refractivity contribution < 1.29 is 9.53 Å². The molecule has 0 bridgehead atoms. The third-order valence-corrected chi connectivity index (χ3v) is 5.71. The van der Waals surface area contributed by atoms with Gasteiger partial charge in [-0.1, -0.05) is 12.1 Å². The molecular formula is C20H31N3O2. The van der Waals surface area contributed by atoms with E-state index >= 15 is 0 Å². The fraction of sp³-hybridized carbons (Fsp3) is 0.650. The van der Waals surface area contributed by atoms with Gasteiger partial charge in [-0.3, -0.25) is 9.69 Å². The largest absolute Gasteiger partial charge is 0.371 e. The van der Waals surface area contributed by atoms with Gasteiger partial charge in [0, 0.05) is 52.0 Å². The highest BCUT2D eigenvalue weighted by Gasteiger charge is 2.33. The van der Waals surface area contributed by atoms with Crippen LogP contribution in [0, 0.1) is 13.8 Å². The molecule has 1 aromatic rings. The van der Waals surface area contributed by atoms with Crippen molar-refractivity contribution in [2.45, 2.75) is 38.8 Å². The van der Waals surface area contributed by atoms with Crippen molar-refractivity contribution in [2.75, 3.05) is 51.8 Å². The number of hydrogen-bond donors (Lipinski definition) is 0. The smallest absolute Gasteiger partial charge is 0.252 e.